The summed E-state index contributed by atoms with van der Waals surface area (Å²) in [6.07, 6.45) is 1.40. The van der Waals surface area contributed by atoms with Gasteiger partial charge in [-0.1, -0.05) is 17.7 Å². The van der Waals surface area contributed by atoms with Crippen LogP contribution in [0.3, 0.4) is 0 Å². The maximum Gasteiger partial charge on any atom is 0.282 e. The van der Waals surface area contributed by atoms with Crippen LogP contribution < -0.4 is 5.56 Å². The number of pyridine rings is 1. The molecule has 0 saturated carbocycles. The molecule has 0 aliphatic carbocycles. The Labute approximate surface area is 155 Å². The molecule has 0 N–H and O–H groups in total. The van der Waals surface area contributed by atoms with Crippen LogP contribution in [-0.4, -0.2) is 31.0 Å². The van der Waals surface area contributed by atoms with Gasteiger partial charge in [-0.2, -0.15) is 0 Å². The third-order valence-corrected chi connectivity index (χ3v) is 4.39. The highest BCUT2D eigenvalue weighted by Gasteiger charge is 2.41. The first-order valence-corrected chi connectivity index (χ1v) is 8.06. The second kappa shape index (κ2) is 5.99. The minimum Gasteiger partial charge on any atom is -0.269 e. The molecule has 3 heterocycles. The number of benzene rings is 1. The maximum atomic E-state index is 12.6. The Morgan fingerprint density at radius 1 is 1.11 bits per heavy atom. The second-order valence-electron chi connectivity index (χ2n) is 5.81. The van der Waals surface area contributed by atoms with Crippen molar-refractivity contribution in [2.75, 3.05) is 0 Å². The zero-order valence-electron chi connectivity index (χ0n) is 13.5. The van der Waals surface area contributed by atoms with Gasteiger partial charge in [-0.3, -0.25) is 33.8 Å². The van der Waals surface area contributed by atoms with E-state index in [4.69, 9.17) is 11.6 Å². The summed E-state index contributed by atoms with van der Waals surface area (Å²) in [5.74, 6) is -1.46. The van der Waals surface area contributed by atoms with Gasteiger partial charge in [0.15, 0.2) is 0 Å². The maximum absolute atomic E-state index is 12.6. The molecule has 0 unspecified atom stereocenters. The lowest BCUT2D eigenvalue weighted by Crippen LogP contribution is -2.30. The monoisotopic (exact) mass is 384 g/mol. The van der Waals surface area contributed by atoms with Gasteiger partial charge in [0.25, 0.3) is 23.1 Å². The van der Waals surface area contributed by atoms with Crippen LogP contribution in [0, 0.1) is 10.1 Å². The molecule has 10 heteroatoms. The second-order valence-corrected chi connectivity index (χ2v) is 6.25. The van der Waals surface area contributed by atoms with Gasteiger partial charge in [0.05, 0.1) is 27.7 Å². The molecule has 0 atom stereocenters. The summed E-state index contributed by atoms with van der Waals surface area (Å²) < 4.78 is 1.24. The topological polar surface area (TPSA) is 115 Å². The van der Waals surface area contributed by atoms with Gasteiger partial charge in [0, 0.05) is 18.3 Å². The Hall–Kier alpha value is -3.59. The molecule has 0 saturated heterocycles. The van der Waals surface area contributed by atoms with Gasteiger partial charge in [-0.05, 0) is 18.2 Å². The number of amides is 2. The van der Waals surface area contributed by atoms with Crippen molar-refractivity contribution in [3.05, 3.63) is 84.9 Å². The minimum atomic E-state index is -0.791. The Bertz CT molecular complexity index is 1220. The number of fused-ring (bicyclic) bond motifs is 2. The number of hydrogen-bond donors (Lipinski definition) is 0. The quantitative estimate of drug-likeness (QED) is 0.388. The van der Waals surface area contributed by atoms with E-state index in [1.54, 1.807) is 6.07 Å². The fourth-order valence-corrected chi connectivity index (χ4v) is 3.14. The fourth-order valence-electron chi connectivity index (χ4n) is 2.98. The molecule has 4 rings (SSSR count). The molecule has 27 heavy (non-hydrogen) atoms. The smallest absolute Gasteiger partial charge is 0.269 e. The normalized spacial score (nSPS) is 13.3. The fraction of sp³-hybridized carbons (Fsp3) is 0.0588. The van der Waals surface area contributed by atoms with Crippen molar-refractivity contribution in [1.29, 1.82) is 0 Å². The van der Waals surface area contributed by atoms with Crippen LogP contribution in [0.5, 0.6) is 0 Å². The molecule has 0 spiro atoms. The number of hydrogen-bond acceptors (Lipinski definition) is 6. The van der Waals surface area contributed by atoms with Crippen LogP contribution in [0.15, 0.2) is 47.4 Å². The third kappa shape index (κ3) is 2.64. The van der Waals surface area contributed by atoms with Crippen molar-refractivity contribution < 1.29 is 14.5 Å². The van der Waals surface area contributed by atoms with E-state index in [1.165, 1.54) is 34.9 Å². The number of rotatable bonds is 3. The number of carbonyl (C=O) groups excluding carboxylic acids is 2. The highest BCUT2D eigenvalue weighted by atomic mass is 35.5. The number of halogens is 1. The molecule has 9 nitrogen and oxygen atoms in total. The number of nitro groups is 1. The Kier molecular flexibility index (Phi) is 3.74. The highest BCUT2D eigenvalue weighted by molar-refractivity contribution is 6.30. The van der Waals surface area contributed by atoms with E-state index >= 15 is 0 Å². The molecule has 1 aromatic carbocycles. The van der Waals surface area contributed by atoms with E-state index < -0.39 is 28.0 Å². The van der Waals surface area contributed by atoms with Gasteiger partial charge < -0.3 is 0 Å². The van der Waals surface area contributed by atoms with Crippen LogP contribution in [-0.2, 0) is 6.54 Å². The average molecular weight is 385 g/mol. The van der Waals surface area contributed by atoms with Crippen molar-refractivity contribution in [2.24, 2.45) is 0 Å². The molecule has 1 aliphatic heterocycles. The Balaban J connectivity index is 1.75. The zero-order valence-corrected chi connectivity index (χ0v) is 14.2. The van der Waals surface area contributed by atoms with Gasteiger partial charge in [0.2, 0.25) is 0 Å². The molecule has 134 valence electrons. The first-order chi connectivity index (χ1) is 12.9. The molecule has 3 aromatic rings. The molecule has 1 aliphatic rings. The zero-order chi connectivity index (χ0) is 19.3. The number of nitrogens with zero attached hydrogens (tertiary/aromatic N) is 4. The van der Waals surface area contributed by atoms with Crippen LogP contribution >= 0.6 is 11.6 Å². The molecular formula is C17H9ClN4O5. The third-order valence-electron chi connectivity index (χ3n) is 4.17. The Morgan fingerprint density at radius 3 is 2.63 bits per heavy atom. The van der Waals surface area contributed by atoms with E-state index in [0.717, 1.165) is 11.0 Å². The van der Waals surface area contributed by atoms with E-state index in [-0.39, 0.29) is 23.4 Å². The van der Waals surface area contributed by atoms with Crippen LogP contribution in [0.4, 0.5) is 5.69 Å². The van der Waals surface area contributed by atoms with E-state index in [2.05, 4.69) is 4.98 Å². The predicted octanol–water partition coefficient (Wildman–Crippen LogP) is 2.05. The first-order valence-electron chi connectivity index (χ1n) is 7.68. The lowest BCUT2D eigenvalue weighted by atomic mass is 10.1. The lowest BCUT2D eigenvalue weighted by molar-refractivity contribution is -0.385. The molecule has 0 radical (unpaired) electrons. The van der Waals surface area contributed by atoms with Crippen molar-refractivity contribution in [3.8, 4) is 0 Å². The summed E-state index contributed by atoms with van der Waals surface area (Å²) in [7, 11) is 0. The van der Waals surface area contributed by atoms with Crippen LogP contribution in [0.2, 0.25) is 5.02 Å². The summed E-state index contributed by atoms with van der Waals surface area (Å²) in [5.41, 5.74) is -0.686. The molecular weight excluding hydrogens is 376 g/mol. The molecule has 2 amide bonds. The minimum absolute atomic E-state index is 0.0431. The van der Waals surface area contributed by atoms with Gasteiger partial charge in [-0.25, -0.2) is 4.98 Å². The van der Waals surface area contributed by atoms with E-state index in [1.807, 2.05) is 0 Å². The van der Waals surface area contributed by atoms with Crippen LogP contribution in [0.25, 0.3) is 5.65 Å². The Morgan fingerprint density at radius 2 is 1.89 bits per heavy atom. The standard InChI is InChI=1S/C17H9ClN4O5/c18-9-4-5-13-19-10(6-14(23)20(13)7-9)8-21-16(24)11-2-1-3-12(22(26)27)15(11)17(21)25/h1-7H,8H2. The lowest BCUT2D eigenvalue weighted by Gasteiger charge is -2.13. The first kappa shape index (κ1) is 16.9. The van der Waals surface area contributed by atoms with Gasteiger partial charge in [0.1, 0.15) is 11.2 Å². The summed E-state index contributed by atoms with van der Waals surface area (Å²) in [6.45, 7) is -0.280. The molecule has 2 aromatic heterocycles. The van der Waals surface area contributed by atoms with Crippen LogP contribution in [0.1, 0.15) is 26.4 Å². The SMILES string of the molecule is O=C1c2cccc([N+](=O)[O-])c2C(=O)N1Cc1cc(=O)n2cc(Cl)ccc2n1. The predicted molar refractivity (Wildman–Crippen MR) is 93.8 cm³/mol. The highest BCUT2D eigenvalue weighted by Crippen LogP contribution is 2.31. The largest absolute Gasteiger partial charge is 0.282 e. The van der Waals surface area contributed by atoms with Crippen molar-refractivity contribution >= 4 is 34.7 Å². The molecule has 0 bridgehead atoms. The van der Waals surface area contributed by atoms with E-state index in [9.17, 15) is 24.5 Å². The summed E-state index contributed by atoms with van der Waals surface area (Å²) in [4.78, 5) is 52.9. The van der Waals surface area contributed by atoms with Gasteiger partial charge >= 0.3 is 0 Å². The number of aromatic nitrogens is 2. The number of imide groups is 1. The van der Waals surface area contributed by atoms with Crippen molar-refractivity contribution in [1.82, 2.24) is 14.3 Å². The van der Waals surface area contributed by atoms with Gasteiger partial charge in [-0.15, -0.1) is 0 Å². The van der Waals surface area contributed by atoms with E-state index in [0.29, 0.717) is 10.7 Å². The summed E-state index contributed by atoms with van der Waals surface area (Å²) >= 11 is 5.86. The summed E-state index contributed by atoms with van der Waals surface area (Å²) in [6, 6.07) is 8.13. The van der Waals surface area contributed by atoms with Crippen molar-refractivity contribution in [2.45, 2.75) is 6.54 Å². The van der Waals surface area contributed by atoms with Crippen molar-refractivity contribution in [3.63, 3.8) is 0 Å². The number of carbonyl (C=O) groups is 2. The summed E-state index contributed by atoms with van der Waals surface area (Å²) in [5, 5.41) is 11.5. The average Bonchev–Trinajstić information content (AvgIpc) is 2.87. The molecule has 0 fully saturated rings. The number of nitro benzene ring substituents is 1.